The molecule has 0 saturated carbocycles. The number of methoxy groups -OCH3 is 1. The van der Waals surface area contributed by atoms with Crippen molar-refractivity contribution in [3.8, 4) is 22.6 Å². The maximum atomic E-state index is 11.9. The summed E-state index contributed by atoms with van der Waals surface area (Å²) in [5.41, 5.74) is 2.82. The van der Waals surface area contributed by atoms with Gasteiger partial charge in [0.2, 0.25) is 0 Å². The van der Waals surface area contributed by atoms with E-state index in [-0.39, 0.29) is 16.7 Å². The summed E-state index contributed by atoms with van der Waals surface area (Å²) < 4.78 is 7.68. The van der Waals surface area contributed by atoms with Crippen LogP contribution in [0, 0.1) is 0 Å². The third kappa shape index (κ3) is 2.37. The van der Waals surface area contributed by atoms with E-state index in [2.05, 4.69) is 15.1 Å². The van der Waals surface area contributed by atoms with Crippen LogP contribution in [0.3, 0.4) is 0 Å². The van der Waals surface area contributed by atoms with Gasteiger partial charge in [0.05, 0.1) is 18.0 Å². The second kappa shape index (κ2) is 5.59. The highest BCUT2D eigenvalue weighted by Gasteiger charge is 2.19. The molecule has 2 N–H and O–H groups in total. The van der Waals surface area contributed by atoms with Gasteiger partial charge in [-0.15, -0.1) is 0 Å². The van der Waals surface area contributed by atoms with Gasteiger partial charge in [0.25, 0.3) is 0 Å². The predicted octanol–water partition coefficient (Wildman–Crippen LogP) is 3.30. The monoisotopic (exact) mass is 356 g/mol. The van der Waals surface area contributed by atoms with E-state index in [1.54, 1.807) is 18.3 Å². The zero-order chi connectivity index (χ0) is 17.7. The molecule has 8 heteroatoms. The zero-order valence-corrected chi connectivity index (χ0v) is 14.7. The number of pyridine rings is 1. The molecule has 1 aromatic carbocycles. The first-order valence-electron chi connectivity index (χ1n) is 7.77. The second-order valence-corrected chi connectivity index (χ2v) is 6.97. The highest BCUT2D eigenvalue weighted by molar-refractivity contribution is 7.17. The molecular weight excluding hydrogens is 340 g/mol. The van der Waals surface area contributed by atoms with E-state index in [0.717, 1.165) is 32.5 Å². The largest absolute Gasteiger partial charge is 0.504 e. The Kier molecular flexibility index (Phi) is 3.50. The third-order valence-corrected chi connectivity index (χ3v) is 4.96. The molecule has 0 aliphatic carbocycles. The van der Waals surface area contributed by atoms with Gasteiger partial charge in [0.1, 0.15) is 0 Å². The summed E-state index contributed by atoms with van der Waals surface area (Å²) in [7, 11) is 1.50. The number of aromatic amines is 1. The molecular formula is C17H16N4O3S. The van der Waals surface area contributed by atoms with E-state index < -0.39 is 0 Å². The lowest BCUT2D eigenvalue weighted by Gasteiger charge is -2.10. The van der Waals surface area contributed by atoms with Crippen molar-refractivity contribution in [2.75, 3.05) is 7.11 Å². The summed E-state index contributed by atoms with van der Waals surface area (Å²) in [5, 5.41) is 15.4. The molecule has 4 aromatic rings. The Hall–Kier alpha value is -2.87. The molecule has 0 amide bonds. The van der Waals surface area contributed by atoms with Crippen LogP contribution in [0.2, 0.25) is 0 Å². The van der Waals surface area contributed by atoms with Gasteiger partial charge < -0.3 is 9.84 Å². The molecule has 128 valence electrons. The number of nitrogens with zero attached hydrogens (tertiary/aromatic N) is 3. The van der Waals surface area contributed by atoms with Crippen LogP contribution in [0.5, 0.6) is 11.5 Å². The van der Waals surface area contributed by atoms with Crippen LogP contribution in [0.1, 0.15) is 19.9 Å². The average Bonchev–Trinajstić information content (AvgIpc) is 3.14. The number of hydrogen-bond donors (Lipinski definition) is 2. The molecule has 0 bridgehead atoms. The summed E-state index contributed by atoms with van der Waals surface area (Å²) in [4.78, 5) is 19.1. The standard InChI is InChI=1S/C17H16N4O3S/c1-8(2)21-16-10(7-18-21)13(14-15(19-16)20-17(23)25-14)9-4-5-12(24-3)11(22)6-9/h4-8,22H,1-3H3,(H,19,20,23). The fourth-order valence-corrected chi connectivity index (χ4v) is 3.81. The van der Waals surface area contributed by atoms with Crippen molar-refractivity contribution >= 4 is 32.7 Å². The first-order valence-corrected chi connectivity index (χ1v) is 8.58. The Bertz CT molecular complexity index is 1160. The Balaban J connectivity index is 2.12. The number of nitrogens with one attached hydrogen (secondary N) is 1. The lowest BCUT2D eigenvalue weighted by atomic mass is 10.0. The Morgan fingerprint density at radius 3 is 2.84 bits per heavy atom. The number of thiazole rings is 1. The fourth-order valence-electron chi connectivity index (χ4n) is 2.95. The maximum absolute atomic E-state index is 11.9. The minimum atomic E-state index is -0.168. The first kappa shape index (κ1) is 15.6. The number of ether oxygens (including phenoxy) is 1. The van der Waals surface area contributed by atoms with Gasteiger partial charge in [0, 0.05) is 17.0 Å². The van der Waals surface area contributed by atoms with Crippen LogP contribution in [-0.4, -0.2) is 32.0 Å². The highest BCUT2D eigenvalue weighted by Crippen LogP contribution is 2.39. The van der Waals surface area contributed by atoms with Crippen molar-refractivity contribution in [3.63, 3.8) is 0 Å². The summed E-state index contributed by atoms with van der Waals surface area (Å²) in [6.45, 7) is 4.04. The van der Waals surface area contributed by atoms with Gasteiger partial charge in [0.15, 0.2) is 22.8 Å². The van der Waals surface area contributed by atoms with Gasteiger partial charge in [-0.25, -0.2) is 9.67 Å². The van der Waals surface area contributed by atoms with Gasteiger partial charge in [-0.05, 0) is 31.5 Å². The van der Waals surface area contributed by atoms with Gasteiger partial charge >= 0.3 is 4.87 Å². The van der Waals surface area contributed by atoms with Crippen molar-refractivity contribution < 1.29 is 9.84 Å². The van der Waals surface area contributed by atoms with Gasteiger partial charge in [-0.1, -0.05) is 17.4 Å². The minimum Gasteiger partial charge on any atom is -0.504 e. The molecule has 0 saturated heterocycles. The molecule has 7 nitrogen and oxygen atoms in total. The molecule has 0 aliphatic heterocycles. The number of fused-ring (bicyclic) bond motifs is 2. The summed E-state index contributed by atoms with van der Waals surface area (Å²) in [6, 6.07) is 5.31. The summed E-state index contributed by atoms with van der Waals surface area (Å²) in [6.07, 6.45) is 1.75. The van der Waals surface area contributed by atoms with Gasteiger partial charge in [-0.3, -0.25) is 9.78 Å². The van der Waals surface area contributed by atoms with Gasteiger partial charge in [-0.2, -0.15) is 5.10 Å². The SMILES string of the molecule is COc1ccc(-c2c3cnn(C(C)C)c3nc3[nH]c(=O)sc23)cc1O. The molecule has 4 rings (SSSR count). The number of benzene rings is 1. The Morgan fingerprint density at radius 2 is 2.16 bits per heavy atom. The normalized spacial score (nSPS) is 11.7. The van der Waals surface area contributed by atoms with Crippen LogP contribution >= 0.6 is 11.3 Å². The Labute approximate surface area is 146 Å². The average molecular weight is 356 g/mol. The topological polar surface area (TPSA) is 93.0 Å². The van der Waals surface area contributed by atoms with E-state index in [1.807, 2.05) is 24.6 Å². The van der Waals surface area contributed by atoms with Crippen LogP contribution in [0.15, 0.2) is 29.2 Å². The number of phenols is 1. The number of phenolic OH excluding ortho intramolecular Hbond substituents is 1. The highest BCUT2D eigenvalue weighted by atomic mass is 32.1. The minimum absolute atomic E-state index is 0.0391. The quantitative estimate of drug-likeness (QED) is 0.587. The van der Waals surface area contributed by atoms with E-state index >= 15 is 0 Å². The van der Waals surface area contributed by atoms with Crippen LogP contribution < -0.4 is 9.61 Å². The zero-order valence-electron chi connectivity index (χ0n) is 13.9. The number of hydrogen-bond acceptors (Lipinski definition) is 6. The second-order valence-electron chi connectivity index (χ2n) is 5.99. The molecule has 25 heavy (non-hydrogen) atoms. The van der Waals surface area contributed by atoms with Crippen molar-refractivity contribution in [2.24, 2.45) is 0 Å². The van der Waals surface area contributed by atoms with E-state index in [4.69, 9.17) is 4.74 Å². The first-order chi connectivity index (χ1) is 12.0. The maximum Gasteiger partial charge on any atom is 0.306 e. The van der Waals surface area contributed by atoms with E-state index in [0.29, 0.717) is 17.0 Å². The van der Waals surface area contributed by atoms with Crippen molar-refractivity contribution in [1.82, 2.24) is 19.7 Å². The van der Waals surface area contributed by atoms with Crippen LogP contribution in [0.4, 0.5) is 0 Å². The fraction of sp³-hybridized carbons (Fsp3) is 0.235. The van der Waals surface area contributed by atoms with Crippen LogP contribution in [0.25, 0.3) is 32.5 Å². The van der Waals surface area contributed by atoms with E-state index in [9.17, 15) is 9.90 Å². The molecule has 0 atom stereocenters. The number of aromatic hydroxyl groups is 1. The molecule has 0 radical (unpaired) electrons. The number of rotatable bonds is 3. The molecule has 0 unspecified atom stereocenters. The molecule has 3 aromatic heterocycles. The third-order valence-electron chi connectivity index (χ3n) is 4.07. The summed E-state index contributed by atoms with van der Waals surface area (Å²) in [5.74, 6) is 0.433. The molecule has 0 fully saturated rings. The Morgan fingerprint density at radius 1 is 1.36 bits per heavy atom. The molecule has 0 aliphatic rings. The van der Waals surface area contributed by atoms with Crippen molar-refractivity contribution in [3.05, 3.63) is 34.1 Å². The number of H-pyrrole nitrogens is 1. The lowest BCUT2D eigenvalue weighted by Crippen LogP contribution is -2.03. The lowest BCUT2D eigenvalue weighted by molar-refractivity contribution is 0.373. The summed E-state index contributed by atoms with van der Waals surface area (Å²) >= 11 is 1.10. The molecule has 3 heterocycles. The van der Waals surface area contributed by atoms with Crippen molar-refractivity contribution in [1.29, 1.82) is 0 Å². The number of aromatic nitrogens is 4. The van der Waals surface area contributed by atoms with Crippen molar-refractivity contribution in [2.45, 2.75) is 19.9 Å². The smallest absolute Gasteiger partial charge is 0.306 e. The molecule has 0 spiro atoms. The van der Waals surface area contributed by atoms with E-state index in [1.165, 1.54) is 7.11 Å². The van der Waals surface area contributed by atoms with Crippen LogP contribution in [-0.2, 0) is 0 Å². The predicted molar refractivity (Wildman–Crippen MR) is 97.6 cm³/mol.